The zero-order chi connectivity index (χ0) is 14.4. The number of benzene rings is 1. The molecule has 0 bridgehead atoms. The molecule has 0 radical (unpaired) electrons. The Bertz CT molecular complexity index is 559. The average molecular weight is 335 g/mol. The van der Waals surface area contributed by atoms with Gasteiger partial charge >= 0.3 is 0 Å². The van der Waals surface area contributed by atoms with Crippen molar-refractivity contribution in [3.63, 3.8) is 0 Å². The Morgan fingerprint density at radius 1 is 1.30 bits per heavy atom. The third-order valence-corrected chi connectivity index (χ3v) is 3.37. The molecule has 0 unspecified atom stereocenters. The maximum absolute atomic E-state index is 4.57. The molecule has 106 valence electrons. The van der Waals surface area contributed by atoms with Gasteiger partial charge in [0, 0.05) is 24.6 Å². The lowest BCUT2D eigenvalue weighted by Gasteiger charge is -2.18. The minimum Gasteiger partial charge on any atom is -0.369 e. The SMILES string of the molecule is CCCNc1cncc(N(C)Cc2cccc(Br)c2)n1. The molecule has 1 aromatic heterocycles. The van der Waals surface area contributed by atoms with E-state index in [1.165, 1.54) is 5.56 Å². The molecule has 1 heterocycles. The van der Waals surface area contributed by atoms with Crippen LogP contribution in [0.3, 0.4) is 0 Å². The number of halogens is 1. The summed E-state index contributed by atoms with van der Waals surface area (Å²) in [5, 5.41) is 3.25. The van der Waals surface area contributed by atoms with E-state index in [0.29, 0.717) is 0 Å². The lowest BCUT2D eigenvalue weighted by Crippen LogP contribution is -2.18. The van der Waals surface area contributed by atoms with Crippen molar-refractivity contribution < 1.29 is 0 Å². The molecule has 0 aliphatic carbocycles. The van der Waals surface area contributed by atoms with Crippen LogP contribution in [0.5, 0.6) is 0 Å². The van der Waals surface area contributed by atoms with Crippen molar-refractivity contribution in [3.05, 3.63) is 46.7 Å². The monoisotopic (exact) mass is 334 g/mol. The predicted molar refractivity (Wildman–Crippen MR) is 87.1 cm³/mol. The Morgan fingerprint density at radius 2 is 2.15 bits per heavy atom. The summed E-state index contributed by atoms with van der Waals surface area (Å²) >= 11 is 3.49. The van der Waals surface area contributed by atoms with Crippen molar-refractivity contribution in [3.8, 4) is 0 Å². The molecule has 5 heteroatoms. The Kier molecular flexibility index (Phi) is 5.35. The molecule has 0 atom stereocenters. The van der Waals surface area contributed by atoms with Crippen LogP contribution in [0.4, 0.5) is 11.6 Å². The highest BCUT2D eigenvalue weighted by molar-refractivity contribution is 9.10. The molecule has 0 aliphatic heterocycles. The number of anilines is 2. The molecule has 0 saturated heterocycles. The first-order valence-electron chi connectivity index (χ1n) is 6.70. The van der Waals surface area contributed by atoms with Gasteiger partial charge in [0.2, 0.25) is 0 Å². The van der Waals surface area contributed by atoms with Gasteiger partial charge in [-0.15, -0.1) is 0 Å². The Morgan fingerprint density at radius 3 is 2.90 bits per heavy atom. The van der Waals surface area contributed by atoms with Crippen molar-refractivity contribution in [2.75, 3.05) is 23.8 Å². The van der Waals surface area contributed by atoms with E-state index in [-0.39, 0.29) is 0 Å². The summed E-state index contributed by atoms with van der Waals surface area (Å²) in [4.78, 5) is 10.9. The molecule has 2 aromatic rings. The van der Waals surface area contributed by atoms with Crippen molar-refractivity contribution in [2.45, 2.75) is 19.9 Å². The van der Waals surface area contributed by atoms with Gasteiger partial charge in [-0.1, -0.05) is 35.0 Å². The van der Waals surface area contributed by atoms with Crippen molar-refractivity contribution in [2.24, 2.45) is 0 Å². The van der Waals surface area contributed by atoms with Crippen LogP contribution in [0.25, 0.3) is 0 Å². The van der Waals surface area contributed by atoms with Gasteiger partial charge in [0.25, 0.3) is 0 Å². The Labute approximate surface area is 128 Å². The molecule has 0 fully saturated rings. The minimum absolute atomic E-state index is 0.797. The van der Waals surface area contributed by atoms with E-state index < -0.39 is 0 Å². The molecule has 4 nitrogen and oxygen atoms in total. The lowest BCUT2D eigenvalue weighted by molar-refractivity contribution is 0.885. The summed E-state index contributed by atoms with van der Waals surface area (Å²) in [5.41, 5.74) is 1.23. The van der Waals surface area contributed by atoms with Crippen LogP contribution in [-0.4, -0.2) is 23.6 Å². The van der Waals surface area contributed by atoms with Crippen LogP contribution in [0.1, 0.15) is 18.9 Å². The fourth-order valence-electron chi connectivity index (χ4n) is 1.87. The zero-order valence-electron chi connectivity index (χ0n) is 11.8. The van der Waals surface area contributed by atoms with Crippen molar-refractivity contribution in [1.29, 1.82) is 0 Å². The second-order valence-corrected chi connectivity index (χ2v) is 5.59. The number of rotatable bonds is 6. The standard InChI is InChI=1S/C15H19BrN4/c1-3-7-18-14-9-17-10-15(19-14)20(2)11-12-5-4-6-13(16)8-12/h4-6,8-10H,3,7,11H2,1-2H3,(H,18,19). The van der Waals surface area contributed by atoms with Gasteiger partial charge < -0.3 is 10.2 Å². The molecule has 0 amide bonds. The third-order valence-electron chi connectivity index (χ3n) is 2.88. The fraction of sp³-hybridized carbons (Fsp3) is 0.333. The molecular formula is C15H19BrN4. The van der Waals surface area contributed by atoms with Gasteiger partial charge in [-0.3, -0.25) is 4.98 Å². The first-order chi connectivity index (χ1) is 9.69. The summed E-state index contributed by atoms with van der Waals surface area (Å²) in [5.74, 6) is 1.69. The van der Waals surface area contributed by atoms with Crippen LogP contribution in [0, 0.1) is 0 Å². The largest absolute Gasteiger partial charge is 0.369 e. The Balaban J connectivity index is 2.06. The van der Waals surface area contributed by atoms with Crippen molar-refractivity contribution in [1.82, 2.24) is 9.97 Å². The highest BCUT2D eigenvalue weighted by Crippen LogP contribution is 2.17. The van der Waals surface area contributed by atoms with Crippen LogP contribution >= 0.6 is 15.9 Å². The van der Waals surface area contributed by atoms with E-state index in [4.69, 9.17) is 0 Å². The summed E-state index contributed by atoms with van der Waals surface area (Å²) in [6.45, 7) is 3.84. The second kappa shape index (κ2) is 7.24. The summed E-state index contributed by atoms with van der Waals surface area (Å²) in [6, 6.07) is 8.29. The number of hydrogen-bond donors (Lipinski definition) is 1. The summed E-state index contributed by atoms with van der Waals surface area (Å²) in [6.07, 6.45) is 4.61. The van der Waals surface area contributed by atoms with E-state index in [0.717, 1.165) is 35.6 Å². The molecule has 1 aromatic carbocycles. The van der Waals surface area contributed by atoms with Crippen LogP contribution < -0.4 is 10.2 Å². The normalized spacial score (nSPS) is 10.3. The Hall–Kier alpha value is -1.62. The summed E-state index contributed by atoms with van der Waals surface area (Å²) < 4.78 is 1.09. The minimum atomic E-state index is 0.797. The zero-order valence-corrected chi connectivity index (χ0v) is 13.4. The second-order valence-electron chi connectivity index (χ2n) is 4.68. The molecule has 20 heavy (non-hydrogen) atoms. The predicted octanol–water partition coefficient (Wildman–Crippen LogP) is 3.70. The first kappa shape index (κ1) is 14.8. The van der Waals surface area contributed by atoms with Gasteiger partial charge in [0.15, 0.2) is 0 Å². The number of nitrogens with one attached hydrogen (secondary N) is 1. The van der Waals surface area contributed by atoms with E-state index >= 15 is 0 Å². The van der Waals surface area contributed by atoms with Crippen LogP contribution in [-0.2, 0) is 6.54 Å². The first-order valence-corrected chi connectivity index (χ1v) is 7.50. The molecule has 1 N–H and O–H groups in total. The quantitative estimate of drug-likeness (QED) is 0.874. The topological polar surface area (TPSA) is 41.1 Å². The highest BCUT2D eigenvalue weighted by atomic mass is 79.9. The molecular weight excluding hydrogens is 316 g/mol. The van der Waals surface area contributed by atoms with E-state index in [1.807, 2.05) is 19.2 Å². The molecule has 2 rings (SSSR count). The van der Waals surface area contributed by atoms with Crippen LogP contribution in [0.15, 0.2) is 41.1 Å². The fourth-order valence-corrected chi connectivity index (χ4v) is 2.31. The lowest BCUT2D eigenvalue weighted by atomic mass is 10.2. The average Bonchev–Trinajstić information content (AvgIpc) is 2.45. The van der Waals surface area contributed by atoms with Crippen LogP contribution in [0.2, 0.25) is 0 Å². The van der Waals surface area contributed by atoms with E-state index in [9.17, 15) is 0 Å². The van der Waals surface area contributed by atoms with Gasteiger partial charge in [-0.05, 0) is 24.1 Å². The number of nitrogens with zero attached hydrogens (tertiary/aromatic N) is 3. The van der Waals surface area contributed by atoms with Gasteiger partial charge in [0.1, 0.15) is 11.6 Å². The van der Waals surface area contributed by atoms with E-state index in [2.05, 4.69) is 55.2 Å². The maximum Gasteiger partial charge on any atom is 0.149 e. The maximum atomic E-state index is 4.57. The smallest absolute Gasteiger partial charge is 0.149 e. The molecule has 0 saturated carbocycles. The molecule has 0 aliphatic rings. The van der Waals surface area contributed by atoms with Gasteiger partial charge in [-0.2, -0.15) is 0 Å². The van der Waals surface area contributed by atoms with E-state index in [1.54, 1.807) is 12.4 Å². The van der Waals surface area contributed by atoms with Crippen molar-refractivity contribution >= 4 is 27.6 Å². The highest BCUT2D eigenvalue weighted by Gasteiger charge is 2.05. The molecule has 0 spiro atoms. The number of aromatic nitrogens is 2. The van der Waals surface area contributed by atoms with Gasteiger partial charge in [-0.25, -0.2) is 4.98 Å². The van der Waals surface area contributed by atoms with Gasteiger partial charge in [0.05, 0.1) is 12.4 Å². The number of hydrogen-bond acceptors (Lipinski definition) is 4. The summed E-state index contributed by atoms with van der Waals surface area (Å²) in [7, 11) is 2.02. The third kappa shape index (κ3) is 4.20.